The second-order valence-corrected chi connectivity index (χ2v) is 7.13. The number of ether oxygens (including phenoxy) is 2. The average Bonchev–Trinajstić information content (AvgIpc) is 2.69. The Kier molecular flexibility index (Phi) is 21.3. The highest BCUT2D eigenvalue weighted by molar-refractivity contribution is 5.79. The number of nitrogens with one attached hydrogen (secondary N) is 2. The second-order valence-electron chi connectivity index (χ2n) is 7.13. The fourth-order valence-electron chi connectivity index (χ4n) is 2.61. The first kappa shape index (κ1) is 26.9. The third-order valence-corrected chi connectivity index (χ3v) is 4.35. The number of rotatable bonds is 19. The van der Waals surface area contributed by atoms with Gasteiger partial charge in [-0.05, 0) is 26.7 Å². The van der Waals surface area contributed by atoms with Crippen LogP contribution >= 0.6 is 0 Å². The van der Waals surface area contributed by atoms with Gasteiger partial charge in [0.2, 0.25) is 0 Å². The molecular formula is C22H46N4O2. The molecule has 0 aromatic carbocycles. The second kappa shape index (κ2) is 22.2. The van der Waals surface area contributed by atoms with E-state index in [2.05, 4.69) is 34.5 Å². The van der Waals surface area contributed by atoms with E-state index in [1.165, 1.54) is 51.4 Å². The number of aliphatic imine (C=N–C) groups is 2. The minimum atomic E-state index is 0.624. The van der Waals surface area contributed by atoms with Crippen molar-refractivity contribution in [2.24, 2.45) is 9.98 Å². The lowest BCUT2D eigenvalue weighted by Crippen LogP contribution is -2.27. The lowest BCUT2D eigenvalue weighted by molar-refractivity contribution is 0.0519. The van der Waals surface area contributed by atoms with Crippen LogP contribution < -0.4 is 10.6 Å². The first-order valence-corrected chi connectivity index (χ1v) is 11.4. The van der Waals surface area contributed by atoms with E-state index in [0.717, 1.165) is 37.9 Å². The summed E-state index contributed by atoms with van der Waals surface area (Å²) >= 11 is 0. The molecule has 0 aromatic rings. The van der Waals surface area contributed by atoms with Crippen molar-refractivity contribution in [3.63, 3.8) is 0 Å². The van der Waals surface area contributed by atoms with Gasteiger partial charge in [0, 0.05) is 26.2 Å². The van der Waals surface area contributed by atoms with Crippen molar-refractivity contribution in [2.45, 2.75) is 79.1 Å². The highest BCUT2D eigenvalue weighted by atomic mass is 16.5. The van der Waals surface area contributed by atoms with Gasteiger partial charge in [-0.15, -0.1) is 0 Å². The zero-order valence-corrected chi connectivity index (χ0v) is 19.0. The molecule has 0 fully saturated rings. The predicted octanol–water partition coefficient (Wildman–Crippen LogP) is 4.20. The largest absolute Gasteiger partial charge is 0.377 e. The van der Waals surface area contributed by atoms with E-state index in [1.807, 2.05) is 13.8 Å². The van der Waals surface area contributed by atoms with Crippen molar-refractivity contribution in [3.8, 4) is 0 Å². The molecular weight excluding hydrogens is 352 g/mol. The topological polar surface area (TPSA) is 67.2 Å². The minimum absolute atomic E-state index is 0.624. The van der Waals surface area contributed by atoms with E-state index >= 15 is 0 Å². The number of hydrogen-bond donors (Lipinski definition) is 2. The molecule has 0 radical (unpaired) electrons. The fraction of sp³-hybridized carbons (Fsp3) is 0.909. The Morgan fingerprint density at radius 3 is 1.43 bits per heavy atom. The summed E-state index contributed by atoms with van der Waals surface area (Å²) in [6.07, 6.45) is 10.1. The van der Waals surface area contributed by atoms with Gasteiger partial charge in [-0.3, -0.25) is 9.98 Å². The van der Waals surface area contributed by atoms with Crippen LogP contribution in [0.25, 0.3) is 0 Å². The van der Waals surface area contributed by atoms with E-state index in [9.17, 15) is 0 Å². The molecule has 2 N–H and O–H groups in total. The molecule has 6 nitrogen and oxygen atoms in total. The molecule has 0 aliphatic heterocycles. The molecule has 0 aromatic heterocycles. The SMILES string of the molecule is CCCCCCN=C(C)NCCOCCOCCNC(C)=NCCCCCC. The van der Waals surface area contributed by atoms with Crippen LogP contribution in [0.4, 0.5) is 0 Å². The van der Waals surface area contributed by atoms with Gasteiger partial charge in [-0.25, -0.2) is 0 Å². The van der Waals surface area contributed by atoms with E-state index in [-0.39, 0.29) is 0 Å². The fourth-order valence-corrected chi connectivity index (χ4v) is 2.61. The van der Waals surface area contributed by atoms with Gasteiger partial charge in [0.15, 0.2) is 0 Å². The molecule has 0 saturated carbocycles. The van der Waals surface area contributed by atoms with Crippen LogP contribution in [0.3, 0.4) is 0 Å². The van der Waals surface area contributed by atoms with Gasteiger partial charge in [-0.2, -0.15) is 0 Å². The molecule has 0 unspecified atom stereocenters. The number of hydrogen-bond acceptors (Lipinski definition) is 4. The van der Waals surface area contributed by atoms with E-state index in [0.29, 0.717) is 26.4 Å². The van der Waals surface area contributed by atoms with Crippen LogP contribution in [0.15, 0.2) is 9.98 Å². The zero-order chi connectivity index (χ0) is 20.7. The summed E-state index contributed by atoms with van der Waals surface area (Å²) in [5, 5.41) is 6.57. The third-order valence-electron chi connectivity index (χ3n) is 4.35. The van der Waals surface area contributed by atoms with Crippen LogP contribution in [0.1, 0.15) is 79.1 Å². The molecule has 6 heteroatoms. The maximum atomic E-state index is 5.57. The Hall–Kier alpha value is -1.14. The summed E-state index contributed by atoms with van der Waals surface area (Å²) < 4.78 is 11.1. The van der Waals surface area contributed by atoms with Crippen molar-refractivity contribution in [2.75, 3.05) is 52.6 Å². The summed E-state index contributed by atoms with van der Waals surface area (Å²) in [6.45, 7) is 14.5. The Bertz CT molecular complexity index is 351. The van der Waals surface area contributed by atoms with Crippen molar-refractivity contribution in [3.05, 3.63) is 0 Å². The lowest BCUT2D eigenvalue weighted by atomic mass is 10.2. The Morgan fingerprint density at radius 1 is 0.607 bits per heavy atom. The van der Waals surface area contributed by atoms with Crippen LogP contribution in [-0.4, -0.2) is 64.3 Å². The van der Waals surface area contributed by atoms with Gasteiger partial charge < -0.3 is 20.1 Å². The monoisotopic (exact) mass is 398 g/mol. The highest BCUT2D eigenvalue weighted by Gasteiger charge is 1.94. The summed E-state index contributed by atoms with van der Waals surface area (Å²) in [7, 11) is 0. The molecule has 28 heavy (non-hydrogen) atoms. The smallest absolute Gasteiger partial charge is 0.0932 e. The highest BCUT2D eigenvalue weighted by Crippen LogP contribution is 1.99. The van der Waals surface area contributed by atoms with Gasteiger partial charge in [-0.1, -0.05) is 52.4 Å². The number of amidine groups is 2. The summed E-state index contributed by atoms with van der Waals surface area (Å²) in [5.41, 5.74) is 0. The van der Waals surface area contributed by atoms with E-state index in [1.54, 1.807) is 0 Å². The Morgan fingerprint density at radius 2 is 1.04 bits per heavy atom. The standard InChI is InChI=1S/C22H46N4O2/c1-5-7-9-11-13-23-21(3)25-15-17-27-19-20-28-18-16-26-22(4)24-14-12-10-8-6-2/h5-20H2,1-4H3,(H,23,25)(H,24,26). The van der Waals surface area contributed by atoms with Gasteiger partial charge in [0.05, 0.1) is 38.1 Å². The molecule has 0 bridgehead atoms. The maximum Gasteiger partial charge on any atom is 0.0932 e. The predicted molar refractivity (Wildman–Crippen MR) is 122 cm³/mol. The normalized spacial score (nSPS) is 12.4. The lowest BCUT2D eigenvalue weighted by Gasteiger charge is -2.09. The van der Waals surface area contributed by atoms with Crippen molar-refractivity contribution in [1.29, 1.82) is 0 Å². The zero-order valence-electron chi connectivity index (χ0n) is 19.0. The molecule has 0 spiro atoms. The molecule has 0 amide bonds. The summed E-state index contributed by atoms with van der Waals surface area (Å²) in [6, 6.07) is 0. The van der Waals surface area contributed by atoms with Gasteiger partial charge in [0.1, 0.15) is 0 Å². The summed E-state index contributed by atoms with van der Waals surface area (Å²) in [5.74, 6) is 2.01. The first-order chi connectivity index (χ1) is 13.7. The molecule has 0 rings (SSSR count). The van der Waals surface area contributed by atoms with Crippen LogP contribution in [0.5, 0.6) is 0 Å². The van der Waals surface area contributed by atoms with Gasteiger partial charge in [0.25, 0.3) is 0 Å². The Balaban J connectivity index is 3.34. The molecule has 0 heterocycles. The van der Waals surface area contributed by atoms with Crippen LogP contribution in [0, 0.1) is 0 Å². The molecule has 0 aliphatic carbocycles. The number of unbranched alkanes of at least 4 members (excludes halogenated alkanes) is 6. The molecule has 0 saturated heterocycles. The summed E-state index contributed by atoms with van der Waals surface area (Å²) in [4.78, 5) is 9.04. The first-order valence-electron chi connectivity index (χ1n) is 11.4. The van der Waals surface area contributed by atoms with Crippen LogP contribution in [0.2, 0.25) is 0 Å². The minimum Gasteiger partial charge on any atom is -0.377 e. The quantitative estimate of drug-likeness (QED) is 0.194. The number of nitrogens with zero attached hydrogens (tertiary/aromatic N) is 2. The molecule has 0 atom stereocenters. The van der Waals surface area contributed by atoms with Crippen LogP contribution in [-0.2, 0) is 9.47 Å². The van der Waals surface area contributed by atoms with E-state index < -0.39 is 0 Å². The van der Waals surface area contributed by atoms with Crippen molar-refractivity contribution < 1.29 is 9.47 Å². The average molecular weight is 399 g/mol. The molecule has 166 valence electrons. The maximum absolute atomic E-state index is 5.57. The van der Waals surface area contributed by atoms with Crippen molar-refractivity contribution in [1.82, 2.24) is 10.6 Å². The third kappa shape index (κ3) is 21.2. The van der Waals surface area contributed by atoms with Gasteiger partial charge >= 0.3 is 0 Å². The van der Waals surface area contributed by atoms with Crippen molar-refractivity contribution >= 4 is 11.7 Å². The molecule has 0 aliphatic rings. The Labute approximate surface area is 174 Å². The van der Waals surface area contributed by atoms with E-state index in [4.69, 9.17) is 9.47 Å².